The van der Waals surface area contributed by atoms with Crippen LogP contribution >= 0.6 is 11.8 Å². The van der Waals surface area contributed by atoms with Gasteiger partial charge in [0.25, 0.3) is 5.56 Å². The number of aromatic nitrogens is 2. The van der Waals surface area contributed by atoms with E-state index >= 15 is 0 Å². The van der Waals surface area contributed by atoms with Crippen molar-refractivity contribution in [1.82, 2.24) is 9.97 Å². The van der Waals surface area contributed by atoms with Crippen LogP contribution in [0.15, 0.2) is 34.2 Å². The van der Waals surface area contributed by atoms with E-state index in [9.17, 15) is 22.8 Å². The molecule has 0 unspecified atom stereocenters. The smallest absolute Gasteiger partial charge is 0.325 e. The van der Waals surface area contributed by atoms with Crippen LogP contribution in [0.4, 0.5) is 18.9 Å². The van der Waals surface area contributed by atoms with E-state index in [0.717, 1.165) is 23.9 Å². The van der Waals surface area contributed by atoms with Gasteiger partial charge in [-0.3, -0.25) is 9.59 Å². The van der Waals surface area contributed by atoms with Gasteiger partial charge in [0.1, 0.15) is 0 Å². The lowest BCUT2D eigenvalue weighted by molar-refractivity contribution is -0.137. The maximum atomic E-state index is 12.6. The van der Waals surface area contributed by atoms with Gasteiger partial charge in [-0.25, -0.2) is 4.98 Å². The lowest BCUT2D eigenvalue weighted by Crippen LogP contribution is -2.17. The maximum Gasteiger partial charge on any atom is 0.416 e. The zero-order valence-electron chi connectivity index (χ0n) is 12.8. The molecule has 1 heterocycles. The first-order valence-corrected chi connectivity index (χ1v) is 7.83. The lowest BCUT2D eigenvalue weighted by Gasteiger charge is -2.10. The van der Waals surface area contributed by atoms with Gasteiger partial charge >= 0.3 is 6.18 Å². The van der Waals surface area contributed by atoms with Crippen LogP contribution in [0.1, 0.15) is 16.8 Å². The molecule has 0 bridgehead atoms. The molecule has 0 fully saturated rings. The number of aryl methyl sites for hydroxylation is 1. The van der Waals surface area contributed by atoms with Crippen LogP contribution in [-0.2, 0) is 11.0 Å². The average Bonchev–Trinajstić information content (AvgIpc) is 2.50. The van der Waals surface area contributed by atoms with Crippen LogP contribution in [0.2, 0.25) is 0 Å². The summed E-state index contributed by atoms with van der Waals surface area (Å²) in [5.41, 5.74) is -0.0272. The van der Waals surface area contributed by atoms with E-state index in [4.69, 9.17) is 0 Å². The van der Waals surface area contributed by atoms with E-state index in [0.29, 0.717) is 11.3 Å². The fraction of sp³-hybridized carbons (Fsp3) is 0.267. The summed E-state index contributed by atoms with van der Waals surface area (Å²) in [6.45, 7) is 3.31. The highest BCUT2D eigenvalue weighted by molar-refractivity contribution is 7.99. The molecule has 1 aromatic heterocycles. The van der Waals surface area contributed by atoms with Gasteiger partial charge in [-0.15, -0.1) is 0 Å². The molecule has 1 aromatic carbocycles. The van der Waals surface area contributed by atoms with Crippen LogP contribution in [-0.4, -0.2) is 21.6 Å². The largest absolute Gasteiger partial charge is 0.416 e. The van der Waals surface area contributed by atoms with E-state index in [2.05, 4.69) is 15.3 Å². The molecule has 2 N–H and O–H groups in total. The molecule has 5 nitrogen and oxygen atoms in total. The number of hydrogen-bond acceptors (Lipinski definition) is 4. The number of H-pyrrole nitrogens is 1. The Morgan fingerprint density at radius 1 is 1.33 bits per heavy atom. The highest BCUT2D eigenvalue weighted by Gasteiger charge is 2.30. The van der Waals surface area contributed by atoms with Gasteiger partial charge in [-0.1, -0.05) is 17.8 Å². The summed E-state index contributed by atoms with van der Waals surface area (Å²) in [4.78, 5) is 30.1. The zero-order valence-corrected chi connectivity index (χ0v) is 13.6. The molecule has 2 rings (SSSR count). The lowest BCUT2D eigenvalue weighted by atomic mass is 10.2. The van der Waals surface area contributed by atoms with Crippen molar-refractivity contribution >= 4 is 23.4 Å². The molecule has 24 heavy (non-hydrogen) atoms. The van der Waals surface area contributed by atoms with Crippen molar-refractivity contribution < 1.29 is 18.0 Å². The highest BCUT2D eigenvalue weighted by Crippen LogP contribution is 2.30. The van der Waals surface area contributed by atoms with Crippen molar-refractivity contribution in [2.24, 2.45) is 0 Å². The molecular weight excluding hydrogens is 343 g/mol. The van der Waals surface area contributed by atoms with Crippen LogP contribution < -0.4 is 10.9 Å². The van der Waals surface area contributed by atoms with Gasteiger partial charge in [-0.2, -0.15) is 13.2 Å². The van der Waals surface area contributed by atoms with E-state index < -0.39 is 17.6 Å². The number of amides is 1. The fourth-order valence-electron chi connectivity index (χ4n) is 1.79. The Morgan fingerprint density at radius 3 is 2.67 bits per heavy atom. The monoisotopic (exact) mass is 357 g/mol. The van der Waals surface area contributed by atoms with E-state index in [1.165, 1.54) is 12.1 Å². The quantitative estimate of drug-likeness (QED) is 0.651. The fourth-order valence-corrected chi connectivity index (χ4v) is 2.50. The SMILES string of the molecule is Cc1nc(SCC(=O)Nc2cccc(C(F)(F)F)c2)[nH]c(=O)c1C. The molecule has 0 aliphatic carbocycles. The first-order valence-electron chi connectivity index (χ1n) is 6.84. The van der Waals surface area contributed by atoms with Gasteiger partial charge in [0, 0.05) is 16.9 Å². The van der Waals surface area contributed by atoms with Crippen LogP contribution in [0.25, 0.3) is 0 Å². The molecule has 0 spiro atoms. The van der Waals surface area contributed by atoms with Crippen molar-refractivity contribution in [3.05, 3.63) is 51.4 Å². The molecule has 9 heteroatoms. The summed E-state index contributed by atoms with van der Waals surface area (Å²) in [6.07, 6.45) is -4.47. The van der Waals surface area contributed by atoms with Gasteiger partial charge in [-0.05, 0) is 32.0 Å². The number of nitrogens with one attached hydrogen (secondary N) is 2. The average molecular weight is 357 g/mol. The van der Waals surface area contributed by atoms with E-state index in [1.807, 2.05) is 0 Å². The van der Waals surface area contributed by atoms with Crippen LogP contribution in [0, 0.1) is 13.8 Å². The molecule has 0 aliphatic rings. The van der Waals surface area contributed by atoms with Gasteiger partial charge in [0.05, 0.1) is 11.3 Å². The molecule has 2 aromatic rings. The second-order valence-electron chi connectivity index (χ2n) is 5.00. The number of nitrogens with zero attached hydrogens (tertiary/aromatic N) is 1. The molecule has 128 valence electrons. The summed E-state index contributed by atoms with van der Waals surface area (Å²) in [7, 11) is 0. The van der Waals surface area contributed by atoms with Crippen LogP contribution in [0.3, 0.4) is 0 Å². The summed E-state index contributed by atoms with van der Waals surface area (Å²) in [5, 5.41) is 2.67. The Labute approximate surface area is 139 Å². The Bertz CT molecular complexity index is 818. The number of anilines is 1. The summed E-state index contributed by atoms with van der Waals surface area (Å²) in [5.74, 6) is -0.595. The first kappa shape index (κ1) is 18.1. The van der Waals surface area contributed by atoms with E-state index in [-0.39, 0.29) is 22.2 Å². The summed E-state index contributed by atoms with van der Waals surface area (Å²) in [6, 6.07) is 4.37. The number of alkyl halides is 3. The molecular formula is C15H14F3N3O2S. The summed E-state index contributed by atoms with van der Waals surface area (Å²) >= 11 is 0.994. The second kappa shape index (κ2) is 7.08. The maximum absolute atomic E-state index is 12.6. The van der Waals surface area contributed by atoms with Crippen molar-refractivity contribution in [3.8, 4) is 0 Å². The number of carbonyl (C=O) groups excluding carboxylic acids is 1. The molecule has 0 atom stereocenters. The normalized spacial score (nSPS) is 11.4. The number of thioether (sulfide) groups is 1. The van der Waals surface area contributed by atoms with Crippen molar-refractivity contribution in [2.75, 3.05) is 11.1 Å². The number of carbonyl (C=O) groups is 1. The Kier molecular flexibility index (Phi) is 5.33. The predicted molar refractivity (Wildman–Crippen MR) is 85.1 cm³/mol. The third kappa shape index (κ3) is 4.60. The van der Waals surface area contributed by atoms with Crippen LogP contribution in [0.5, 0.6) is 0 Å². The number of rotatable bonds is 4. The first-order chi connectivity index (χ1) is 11.2. The van der Waals surface area contributed by atoms with Crippen molar-refractivity contribution in [2.45, 2.75) is 25.2 Å². The summed E-state index contributed by atoms with van der Waals surface area (Å²) < 4.78 is 37.9. The number of aromatic amines is 1. The number of hydrogen-bond donors (Lipinski definition) is 2. The number of benzene rings is 1. The third-order valence-electron chi connectivity index (χ3n) is 3.19. The molecule has 0 saturated carbocycles. The molecule has 0 saturated heterocycles. The second-order valence-corrected chi connectivity index (χ2v) is 5.96. The minimum Gasteiger partial charge on any atom is -0.325 e. The Balaban J connectivity index is 2.00. The third-order valence-corrected chi connectivity index (χ3v) is 4.06. The van der Waals surface area contributed by atoms with Crippen molar-refractivity contribution in [3.63, 3.8) is 0 Å². The predicted octanol–water partition coefficient (Wildman–Crippen LogP) is 3.14. The highest BCUT2D eigenvalue weighted by atomic mass is 32.2. The molecule has 1 amide bonds. The van der Waals surface area contributed by atoms with Crippen molar-refractivity contribution in [1.29, 1.82) is 0 Å². The minimum atomic E-state index is -4.47. The Hall–Kier alpha value is -2.29. The van der Waals surface area contributed by atoms with Gasteiger partial charge in [0.2, 0.25) is 5.91 Å². The number of halogens is 3. The standard InChI is InChI=1S/C15H14F3N3O2S/c1-8-9(2)19-14(21-13(8)23)24-7-12(22)20-11-5-3-4-10(6-11)15(16,17)18/h3-6H,7H2,1-2H3,(H,20,22)(H,19,21,23). The topological polar surface area (TPSA) is 74.8 Å². The van der Waals surface area contributed by atoms with Gasteiger partial charge < -0.3 is 10.3 Å². The van der Waals surface area contributed by atoms with E-state index in [1.54, 1.807) is 13.8 Å². The zero-order chi connectivity index (χ0) is 17.9. The molecule has 0 aliphatic heterocycles. The minimum absolute atomic E-state index is 0.0527. The Morgan fingerprint density at radius 2 is 2.04 bits per heavy atom. The van der Waals surface area contributed by atoms with Gasteiger partial charge in [0.15, 0.2) is 5.16 Å². The molecule has 0 radical (unpaired) electrons.